The smallest absolute Gasteiger partial charge is 0.361 e. The fraction of sp³-hybridized carbons (Fsp3) is 0.0714. The lowest BCUT2D eigenvalue weighted by molar-refractivity contribution is -0.137. The molecule has 0 radical (unpaired) electrons. The lowest BCUT2D eigenvalue weighted by Crippen LogP contribution is -2.05. The van der Waals surface area contributed by atoms with Crippen molar-refractivity contribution in [3.8, 4) is 0 Å². The quantitative estimate of drug-likeness (QED) is 0.827. The van der Waals surface area contributed by atoms with Gasteiger partial charge in [0.1, 0.15) is 0 Å². The maximum atomic E-state index is 12.4. The molecule has 2 nitrogen and oxygen atoms in total. The van der Waals surface area contributed by atoms with Gasteiger partial charge in [0.2, 0.25) is 0 Å². The van der Waals surface area contributed by atoms with Gasteiger partial charge in [-0.25, -0.2) is 0 Å². The molecule has 0 aliphatic heterocycles. The number of alkyl halides is 3. The molecule has 19 heavy (non-hydrogen) atoms. The van der Waals surface area contributed by atoms with Crippen molar-refractivity contribution in [1.82, 2.24) is 0 Å². The van der Waals surface area contributed by atoms with Crippen LogP contribution in [-0.2, 0) is 6.18 Å². The first-order valence-corrected chi connectivity index (χ1v) is 5.54. The van der Waals surface area contributed by atoms with Gasteiger partial charge in [-0.3, -0.25) is 0 Å². The van der Waals surface area contributed by atoms with Crippen LogP contribution < -0.4 is 5.32 Å². The van der Waals surface area contributed by atoms with Crippen LogP contribution in [0.4, 0.5) is 18.9 Å². The molecular weight excluding hydrogens is 253 g/mol. The standard InChI is InChI=1S/C14H11F3N2/c15-14(16,17)11-5-7-12(8-6-11)19-9-10-3-1-2-4-13(10)18/h1-9,18-19H/b10-9-,18-13?. The highest BCUT2D eigenvalue weighted by molar-refractivity contribution is 6.09. The molecule has 0 heterocycles. The van der Waals surface area contributed by atoms with E-state index in [1.165, 1.54) is 12.1 Å². The minimum atomic E-state index is -4.32. The van der Waals surface area contributed by atoms with Crippen LogP contribution in [0.1, 0.15) is 5.56 Å². The molecule has 1 aromatic rings. The highest BCUT2D eigenvalue weighted by Gasteiger charge is 2.29. The van der Waals surface area contributed by atoms with E-state index in [0.29, 0.717) is 17.0 Å². The molecule has 0 saturated heterocycles. The molecule has 5 heteroatoms. The normalized spacial score (nSPS) is 17.0. The van der Waals surface area contributed by atoms with Crippen molar-refractivity contribution in [1.29, 1.82) is 5.41 Å². The third kappa shape index (κ3) is 3.34. The molecule has 0 aromatic heterocycles. The number of nitrogens with one attached hydrogen (secondary N) is 2. The van der Waals surface area contributed by atoms with Gasteiger partial charge in [-0.15, -0.1) is 0 Å². The van der Waals surface area contributed by atoms with E-state index in [0.717, 1.165) is 12.1 Å². The van der Waals surface area contributed by atoms with Crippen LogP contribution in [0.5, 0.6) is 0 Å². The molecule has 0 fully saturated rings. The van der Waals surface area contributed by atoms with Gasteiger partial charge in [-0.05, 0) is 30.3 Å². The molecule has 0 atom stereocenters. The minimum absolute atomic E-state index is 0.349. The zero-order chi connectivity index (χ0) is 13.9. The minimum Gasteiger partial charge on any atom is -0.361 e. The summed E-state index contributed by atoms with van der Waals surface area (Å²) in [6, 6.07) is 4.74. The van der Waals surface area contributed by atoms with Gasteiger partial charge >= 0.3 is 6.18 Å². The van der Waals surface area contributed by atoms with Crippen LogP contribution in [0.3, 0.4) is 0 Å². The Morgan fingerprint density at radius 2 is 1.63 bits per heavy atom. The van der Waals surface area contributed by atoms with E-state index in [1.807, 2.05) is 0 Å². The van der Waals surface area contributed by atoms with Gasteiger partial charge in [-0.2, -0.15) is 13.2 Å². The molecular formula is C14H11F3N2. The predicted octanol–water partition coefficient (Wildman–Crippen LogP) is 4.15. The maximum Gasteiger partial charge on any atom is 0.416 e. The van der Waals surface area contributed by atoms with E-state index in [4.69, 9.17) is 5.41 Å². The summed E-state index contributed by atoms with van der Waals surface area (Å²) in [4.78, 5) is 0. The van der Waals surface area contributed by atoms with Crippen molar-refractivity contribution in [2.45, 2.75) is 6.18 Å². The summed E-state index contributed by atoms with van der Waals surface area (Å²) in [5.74, 6) is 0. The third-order valence-electron chi connectivity index (χ3n) is 2.57. The second kappa shape index (κ2) is 5.14. The van der Waals surface area contributed by atoms with Crippen LogP contribution in [0.15, 0.2) is 60.3 Å². The molecule has 2 N–H and O–H groups in total. The van der Waals surface area contributed by atoms with E-state index >= 15 is 0 Å². The highest BCUT2D eigenvalue weighted by atomic mass is 19.4. The molecule has 0 spiro atoms. The largest absolute Gasteiger partial charge is 0.416 e. The average Bonchev–Trinajstić information content (AvgIpc) is 2.37. The predicted molar refractivity (Wildman–Crippen MR) is 69.2 cm³/mol. The number of halogens is 3. The Morgan fingerprint density at radius 3 is 2.21 bits per heavy atom. The van der Waals surface area contributed by atoms with E-state index in [9.17, 15) is 13.2 Å². The number of hydrogen-bond donors (Lipinski definition) is 2. The van der Waals surface area contributed by atoms with Crippen molar-refractivity contribution in [2.24, 2.45) is 0 Å². The van der Waals surface area contributed by atoms with Crippen LogP contribution in [0, 0.1) is 5.41 Å². The van der Waals surface area contributed by atoms with Gasteiger partial charge in [0.05, 0.1) is 11.3 Å². The second-order valence-corrected chi connectivity index (χ2v) is 3.95. The van der Waals surface area contributed by atoms with Gasteiger partial charge in [-0.1, -0.05) is 18.2 Å². The van der Waals surface area contributed by atoms with Gasteiger partial charge in [0.25, 0.3) is 0 Å². The van der Waals surface area contributed by atoms with E-state index < -0.39 is 11.7 Å². The zero-order valence-corrected chi connectivity index (χ0v) is 9.83. The molecule has 98 valence electrons. The number of benzene rings is 1. The van der Waals surface area contributed by atoms with Crippen LogP contribution >= 0.6 is 0 Å². The van der Waals surface area contributed by atoms with Crippen LogP contribution in [0.25, 0.3) is 0 Å². The average molecular weight is 264 g/mol. The molecule has 1 aromatic carbocycles. The summed E-state index contributed by atoms with van der Waals surface area (Å²) in [7, 11) is 0. The number of anilines is 1. The Balaban J connectivity index is 2.09. The van der Waals surface area contributed by atoms with Crippen molar-refractivity contribution >= 4 is 11.4 Å². The van der Waals surface area contributed by atoms with Gasteiger partial charge < -0.3 is 10.7 Å². The second-order valence-electron chi connectivity index (χ2n) is 3.95. The summed E-state index contributed by atoms with van der Waals surface area (Å²) in [5, 5.41) is 10.5. The fourth-order valence-corrected chi connectivity index (χ4v) is 1.54. The first-order chi connectivity index (χ1) is 8.97. The maximum absolute atomic E-state index is 12.4. The molecule has 0 bridgehead atoms. The summed E-state index contributed by atoms with van der Waals surface area (Å²) >= 11 is 0. The molecule has 0 saturated carbocycles. The monoisotopic (exact) mass is 264 g/mol. The lowest BCUT2D eigenvalue weighted by atomic mass is 10.1. The molecule has 1 aliphatic carbocycles. The molecule has 1 aliphatic rings. The van der Waals surface area contributed by atoms with Gasteiger partial charge in [0, 0.05) is 17.5 Å². The SMILES string of the molecule is N=C1C=CC=C/C1=C/Nc1ccc(C(F)(F)F)cc1. The van der Waals surface area contributed by atoms with Crippen LogP contribution in [0.2, 0.25) is 0 Å². The number of hydrogen-bond acceptors (Lipinski definition) is 2. The summed E-state index contributed by atoms with van der Waals surface area (Å²) < 4.78 is 37.1. The Labute approximate surface area is 108 Å². The Kier molecular flexibility index (Phi) is 3.55. The Bertz CT molecular complexity index is 563. The van der Waals surface area contributed by atoms with Crippen LogP contribution in [-0.4, -0.2) is 5.71 Å². The van der Waals surface area contributed by atoms with Crippen molar-refractivity contribution < 1.29 is 13.2 Å². The lowest BCUT2D eigenvalue weighted by Gasteiger charge is -2.09. The molecule has 0 unspecified atom stereocenters. The number of allylic oxidation sites excluding steroid dienone is 5. The zero-order valence-electron chi connectivity index (χ0n) is 9.83. The Morgan fingerprint density at radius 1 is 1.00 bits per heavy atom. The van der Waals surface area contributed by atoms with Gasteiger partial charge in [0.15, 0.2) is 0 Å². The van der Waals surface area contributed by atoms with E-state index in [1.54, 1.807) is 30.5 Å². The summed E-state index contributed by atoms with van der Waals surface area (Å²) in [5.41, 5.74) is 0.875. The highest BCUT2D eigenvalue weighted by Crippen LogP contribution is 2.29. The Hall–Kier alpha value is -2.30. The first-order valence-electron chi connectivity index (χ1n) is 5.54. The number of rotatable bonds is 2. The summed E-state index contributed by atoms with van der Waals surface area (Å²) in [6.45, 7) is 0. The molecule has 2 rings (SSSR count). The topological polar surface area (TPSA) is 35.9 Å². The van der Waals surface area contributed by atoms with E-state index in [-0.39, 0.29) is 0 Å². The fourth-order valence-electron chi connectivity index (χ4n) is 1.54. The summed E-state index contributed by atoms with van der Waals surface area (Å²) in [6.07, 6.45) is 4.19. The van der Waals surface area contributed by atoms with Crippen molar-refractivity contribution in [2.75, 3.05) is 5.32 Å². The third-order valence-corrected chi connectivity index (χ3v) is 2.57. The molecule has 0 amide bonds. The van der Waals surface area contributed by atoms with E-state index in [2.05, 4.69) is 5.32 Å². The van der Waals surface area contributed by atoms with Crippen molar-refractivity contribution in [3.63, 3.8) is 0 Å². The first kappa shape index (κ1) is 13.1. The van der Waals surface area contributed by atoms with Crippen molar-refractivity contribution in [3.05, 3.63) is 65.9 Å².